The van der Waals surface area contributed by atoms with Crippen LogP contribution in [0.2, 0.25) is 0 Å². The quantitative estimate of drug-likeness (QED) is 0.206. The van der Waals surface area contributed by atoms with Crippen LogP contribution in [0.5, 0.6) is 0 Å². The second kappa shape index (κ2) is 15.1. The van der Waals surface area contributed by atoms with Crippen molar-refractivity contribution in [3.8, 4) is 0 Å². The molecule has 0 bridgehead atoms. The molecule has 12 heteroatoms. The molecule has 316 valence electrons. The first-order valence-corrected chi connectivity index (χ1v) is 22.1. The zero-order chi connectivity index (χ0) is 41.2. The zero-order valence-corrected chi connectivity index (χ0v) is 36.7. The van der Waals surface area contributed by atoms with E-state index < -0.39 is 29.1 Å². The van der Waals surface area contributed by atoms with E-state index in [0.717, 1.165) is 83.7 Å². The Bertz CT molecular complexity index is 1540. The minimum Gasteiger partial charge on any atom is -0.343 e. The summed E-state index contributed by atoms with van der Waals surface area (Å²) in [5.41, 5.74) is 0.802. The number of likely N-dealkylation sites (N-methyl/N-ethyl adjacent to an activating group) is 1. The molecule has 12 nitrogen and oxygen atoms in total. The number of nitrogens with zero attached hydrogens (tertiary/aromatic N) is 3. The van der Waals surface area contributed by atoms with Gasteiger partial charge in [-0.2, -0.15) is 0 Å². The Labute approximate surface area is 337 Å². The molecule has 0 aromatic heterocycles. The average molecular weight is 782 g/mol. The normalized spacial score (nSPS) is 32.1. The first-order valence-electron chi connectivity index (χ1n) is 22.1. The molecule has 0 aromatic rings. The van der Waals surface area contributed by atoms with Crippen molar-refractivity contribution < 1.29 is 24.0 Å². The van der Waals surface area contributed by atoms with E-state index in [1.165, 1.54) is 0 Å². The van der Waals surface area contributed by atoms with E-state index in [-0.39, 0.29) is 69.2 Å². The number of nitrogens with one attached hydrogen (secondary N) is 4. The first-order chi connectivity index (χ1) is 26.1. The number of amides is 5. The van der Waals surface area contributed by atoms with Gasteiger partial charge < -0.3 is 20.9 Å². The van der Waals surface area contributed by atoms with Crippen LogP contribution in [0.1, 0.15) is 153 Å². The van der Waals surface area contributed by atoms with Gasteiger partial charge in [0.1, 0.15) is 23.7 Å². The number of carbonyl (C=O) groups is 5. The highest BCUT2D eigenvalue weighted by atomic mass is 16.2. The molecular formula is C44H75N7O5. The largest absolute Gasteiger partial charge is 0.343 e. The molecular weight excluding hydrogens is 707 g/mol. The minimum absolute atomic E-state index is 0.00291. The van der Waals surface area contributed by atoms with Crippen molar-refractivity contribution in [2.24, 2.45) is 33.5 Å². The van der Waals surface area contributed by atoms with Gasteiger partial charge in [0, 0.05) is 24.5 Å². The predicted octanol–water partition coefficient (Wildman–Crippen LogP) is 4.91. The second-order valence-electron chi connectivity index (χ2n) is 21.2. The molecule has 56 heavy (non-hydrogen) atoms. The van der Waals surface area contributed by atoms with Gasteiger partial charge in [-0.1, -0.05) is 80.6 Å². The van der Waals surface area contributed by atoms with Crippen LogP contribution >= 0.6 is 0 Å². The molecule has 2 unspecified atom stereocenters. The third-order valence-corrected chi connectivity index (χ3v) is 16.2. The van der Waals surface area contributed by atoms with Crippen molar-refractivity contribution in [1.29, 1.82) is 0 Å². The Kier molecular flexibility index (Phi) is 11.6. The van der Waals surface area contributed by atoms with Crippen molar-refractivity contribution in [2.45, 2.75) is 188 Å². The molecule has 2 aliphatic heterocycles. The summed E-state index contributed by atoms with van der Waals surface area (Å²) >= 11 is 0. The molecule has 2 heterocycles. The maximum atomic E-state index is 15.2. The number of fused-ring (bicyclic) bond motifs is 1. The van der Waals surface area contributed by atoms with Crippen molar-refractivity contribution in [3.05, 3.63) is 0 Å². The monoisotopic (exact) mass is 782 g/mol. The molecule has 6 fully saturated rings. The number of likely N-dealkylation sites (tertiary alicyclic amines) is 2. The molecule has 6 aliphatic rings. The molecule has 5 amide bonds. The Balaban J connectivity index is 1.27. The third-order valence-electron chi connectivity index (χ3n) is 16.2. The number of carbonyl (C=O) groups excluding carboxylic acids is 5. The fourth-order valence-corrected chi connectivity index (χ4v) is 11.8. The first kappa shape index (κ1) is 42.9. The maximum absolute atomic E-state index is 15.2. The standard InChI is InChI=1S/C44H75N7O5/c1-12-29-25-44(29,38(56)48-49(11)40(6,7)8)47-35(53)31-26-43(41(9,10)42(43)22-18-23-42)27-51(31)37(55)33(39(3,4)5)46-36(54)32(28-19-15-14-16-20-28)45-34(52)30-21-17-24-50(30)13-2/h28-33H,12-27H2,1-11H3,(H,45,52)(H,46,54)(H,47,53)(H,48,56)/t29-,30+,31+,32?,33-,43?,44-/m1/s1. The highest BCUT2D eigenvalue weighted by Crippen LogP contribution is 2.88. The molecule has 2 saturated heterocycles. The third kappa shape index (κ3) is 7.19. The molecule has 4 saturated carbocycles. The van der Waals surface area contributed by atoms with Crippen LogP contribution < -0.4 is 21.4 Å². The molecule has 0 radical (unpaired) electrons. The lowest BCUT2D eigenvalue weighted by Crippen LogP contribution is -2.63. The molecule has 4 N–H and O–H groups in total. The SMILES string of the molecule is CC[C@@H]1C[C@]1(NC(=O)[C@@H]1CC2(CN1C(=O)[C@@H](NC(=O)C(NC(=O)[C@@H]1CCCN1CC)C1CCCCC1)C(C)(C)C)C(C)(C)C21CCC1)C(=O)NN(C)C(C)(C)C. The van der Waals surface area contributed by atoms with E-state index in [9.17, 15) is 19.2 Å². The number of hydrogen-bond donors (Lipinski definition) is 4. The summed E-state index contributed by atoms with van der Waals surface area (Å²) in [5, 5.41) is 11.4. The lowest BCUT2D eigenvalue weighted by molar-refractivity contribution is -0.145. The van der Waals surface area contributed by atoms with Crippen molar-refractivity contribution in [1.82, 2.24) is 36.2 Å². The Morgan fingerprint density at radius 2 is 1.46 bits per heavy atom. The second-order valence-corrected chi connectivity index (χ2v) is 21.2. The summed E-state index contributed by atoms with van der Waals surface area (Å²) in [6.07, 6.45) is 11.7. The van der Waals surface area contributed by atoms with Crippen LogP contribution in [-0.2, 0) is 24.0 Å². The predicted molar refractivity (Wildman–Crippen MR) is 218 cm³/mol. The Morgan fingerprint density at radius 3 is 1.98 bits per heavy atom. The highest BCUT2D eigenvalue weighted by molar-refractivity contribution is 5.99. The smallest absolute Gasteiger partial charge is 0.260 e. The van der Waals surface area contributed by atoms with Crippen LogP contribution in [0.15, 0.2) is 0 Å². The van der Waals surface area contributed by atoms with Crippen LogP contribution in [0.4, 0.5) is 0 Å². The van der Waals surface area contributed by atoms with Gasteiger partial charge in [0.15, 0.2) is 0 Å². The summed E-state index contributed by atoms with van der Waals surface area (Å²) < 4.78 is 0. The van der Waals surface area contributed by atoms with E-state index in [4.69, 9.17) is 0 Å². The molecule has 2 spiro atoms. The average Bonchev–Trinajstić information content (AvgIpc) is 3.63. The lowest BCUT2D eigenvalue weighted by Gasteiger charge is -2.38. The molecule has 6 rings (SSSR count). The van der Waals surface area contributed by atoms with Gasteiger partial charge in [-0.05, 0) is 113 Å². The minimum atomic E-state index is -1.04. The summed E-state index contributed by atoms with van der Waals surface area (Å²) in [5.74, 6) is -1.22. The van der Waals surface area contributed by atoms with Gasteiger partial charge >= 0.3 is 0 Å². The maximum Gasteiger partial charge on any atom is 0.260 e. The van der Waals surface area contributed by atoms with E-state index in [1.54, 1.807) is 9.91 Å². The van der Waals surface area contributed by atoms with Crippen molar-refractivity contribution in [3.63, 3.8) is 0 Å². The Hall–Kier alpha value is -2.73. The Morgan fingerprint density at radius 1 is 0.804 bits per heavy atom. The van der Waals surface area contributed by atoms with Gasteiger partial charge in [-0.25, -0.2) is 5.01 Å². The van der Waals surface area contributed by atoms with Crippen LogP contribution in [0.3, 0.4) is 0 Å². The van der Waals surface area contributed by atoms with Crippen LogP contribution in [0.25, 0.3) is 0 Å². The topological polar surface area (TPSA) is 143 Å². The van der Waals surface area contributed by atoms with Crippen LogP contribution in [0, 0.1) is 33.5 Å². The van der Waals surface area contributed by atoms with Crippen molar-refractivity contribution >= 4 is 29.5 Å². The number of hydrogen-bond acceptors (Lipinski definition) is 7. The molecule has 7 atom stereocenters. The van der Waals surface area contributed by atoms with Gasteiger partial charge in [0.2, 0.25) is 23.6 Å². The van der Waals surface area contributed by atoms with Gasteiger partial charge in [0.05, 0.1) is 6.04 Å². The zero-order valence-electron chi connectivity index (χ0n) is 36.7. The summed E-state index contributed by atoms with van der Waals surface area (Å²) in [6.45, 7) is 22.7. The van der Waals surface area contributed by atoms with E-state index >= 15 is 4.79 Å². The van der Waals surface area contributed by atoms with Gasteiger partial charge in [0.25, 0.3) is 5.91 Å². The van der Waals surface area contributed by atoms with Gasteiger partial charge in [-0.3, -0.25) is 34.3 Å². The van der Waals surface area contributed by atoms with Crippen LogP contribution in [-0.4, -0.2) is 106 Å². The molecule has 0 aromatic carbocycles. The number of hydrazine groups is 1. The number of rotatable bonds is 12. The fraction of sp³-hybridized carbons (Fsp3) is 0.886. The van der Waals surface area contributed by atoms with E-state index in [2.05, 4.69) is 47.0 Å². The van der Waals surface area contributed by atoms with Gasteiger partial charge in [-0.15, -0.1) is 0 Å². The van der Waals surface area contributed by atoms with Crippen molar-refractivity contribution in [2.75, 3.05) is 26.7 Å². The summed E-state index contributed by atoms with van der Waals surface area (Å²) in [4.78, 5) is 76.3. The van der Waals surface area contributed by atoms with E-state index in [1.807, 2.05) is 55.5 Å². The lowest BCUT2D eigenvalue weighted by atomic mass is 9.73. The summed E-state index contributed by atoms with van der Waals surface area (Å²) in [7, 11) is 1.84. The fourth-order valence-electron chi connectivity index (χ4n) is 11.8. The molecule has 4 aliphatic carbocycles. The highest BCUT2D eigenvalue weighted by Gasteiger charge is 2.85. The van der Waals surface area contributed by atoms with E-state index in [0.29, 0.717) is 19.4 Å². The summed E-state index contributed by atoms with van der Waals surface area (Å²) in [6, 6.07) is -2.70.